The molecule has 3 rings (SSSR count). The van der Waals surface area contributed by atoms with Gasteiger partial charge in [0.05, 0.1) is 0 Å². The summed E-state index contributed by atoms with van der Waals surface area (Å²) in [6.45, 7) is 0. The maximum absolute atomic E-state index is 12.2. The molecule has 0 aliphatic rings. The molecule has 0 fully saturated rings. The van der Waals surface area contributed by atoms with Gasteiger partial charge in [-0.1, -0.05) is 11.6 Å². The van der Waals surface area contributed by atoms with Crippen molar-refractivity contribution in [1.29, 1.82) is 0 Å². The van der Waals surface area contributed by atoms with Crippen molar-refractivity contribution in [3.63, 3.8) is 0 Å². The van der Waals surface area contributed by atoms with Crippen LogP contribution in [-0.4, -0.2) is 20.4 Å². The number of phenolic OH excluding ortho intramolecular Hbond substituents is 3. The van der Waals surface area contributed by atoms with Crippen molar-refractivity contribution in [3.8, 4) is 34.3 Å². The highest BCUT2D eigenvalue weighted by Gasteiger charge is 2.21. The molecule has 3 aromatic rings. The third-order valence-corrected chi connectivity index (χ3v) is 3.54. The largest absolute Gasteiger partial charge is 0.508 e. The molecule has 6 nitrogen and oxygen atoms in total. The van der Waals surface area contributed by atoms with E-state index in [2.05, 4.69) is 0 Å². The number of benzene rings is 2. The lowest BCUT2D eigenvalue weighted by molar-refractivity contribution is 0.438. The normalized spacial score (nSPS) is 11.0. The fraction of sp³-hybridized carbons (Fsp3) is 0. The van der Waals surface area contributed by atoms with Crippen LogP contribution in [-0.2, 0) is 0 Å². The monoisotopic (exact) mass is 320 g/mol. The third-order valence-electron chi connectivity index (χ3n) is 3.17. The molecule has 22 heavy (non-hydrogen) atoms. The predicted octanol–water partition coefficient (Wildman–Crippen LogP) is 2.94. The van der Waals surface area contributed by atoms with Gasteiger partial charge in [-0.25, -0.2) is 0 Å². The summed E-state index contributed by atoms with van der Waals surface area (Å²) in [6.07, 6.45) is 0. The molecule has 0 atom stereocenters. The lowest BCUT2D eigenvalue weighted by atomic mass is 10.1. The van der Waals surface area contributed by atoms with Crippen LogP contribution in [0.2, 0.25) is 5.02 Å². The Morgan fingerprint density at radius 3 is 2.23 bits per heavy atom. The van der Waals surface area contributed by atoms with Crippen molar-refractivity contribution in [3.05, 3.63) is 45.6 Å². The van der Waals surface area contributed by atoms with Crippen LogP contribution in [0, 0.1) is 0 Å². The SMILES string of the molecule is O=c1c(O)c(-c2ccc(O)cc2)oc2c(Cl)c(O)cc(O)c12. The molecule has 0 saturated heterocycles. The summed E-state index contributed by atoms with van der Waals surface area (Å²) in [4.78, 5) is 12.2. The lowest BCUT2D eigenvalue weighted by Crippen LogP contribution is -2.03. The van der Waals surface area contributed by atoms with Crippen LogP contribution in [0.15, 0.2) is 39.5 Å². The van der Waals surface area contributed by atoms with E-state index in [0.29, 0.717) is 5.56 Å². The molecule has 0 aliphatic carbocycles. The molecule has 1 aromatic heterocycles. The summed E-state index contributed by atoms with van der Waals surface area (Å²) in [5, 5.41) is 38.1. The van der Waals surface area contributed by atoms with E-state index in [4.69, 9.17) is 16.0 Å². The van der Waals surface area contributed by atoms with Crippen LogP contribution >= 0.6 is 11.6 Å². The Balaban J connectivity index is 2.43. The van der Waals surface area contributed by atoms with Gasteiger partial charge in [-0.3, -0.25) is 4.79 Å². The predicted molar refractivity (Wildman–Crippen MR) is 79.6 cm³/mol. The summed E-state index contributed by atoms with van der Waals surface area (Å²) in [6, 6.07) is 6.44. The van der Waals surface area contributed by atoms with Crippen molar-refractivity contribution < 1.29 is 24.8 Å². The van der Waals surface area contributed by atoms with Crippen LogP contribution in [0.1, 0.15) is 0 Å². The van der Waals surface area contributed by atoms with Gasteiger partial charge in [0.15, 0.2) is 11.3 Å². The second kappa shape index (κ2) is 4.85. The van der Waals surface area contributed by atoms with Crippen LogP contribution in [0.5, 0.6) is 23.0 Å². The van der Waals surface area contributed by atoms with Gasteiger partial charge in [0, 0.05) is 11.6 Å². The topological polar surface area (TPSA) is 111 Å². The molecule has 2 aromatic carbocycles. The van der Waals surface area contributed by atoms with E-state index in [1.807, 2.05) is 0 Å². The van der Waals surface area contributed by atoms with E-state index in [9.17, 15) is 25.2 Å². The zero-order valence-electron chi connectivity index (χ0n) is 10.9. The smallest absolute Gasteiger partial charge is 0.238 e. The third kappa shape index (κ3) is 2.01. The van der Waals surface area contributed by atoms with Crippen molar-refractivity contribution >= 4 is 22.6 Å². The van der Waals surface area contributed by atoms with Gasteiger partial charge in [0.2, 0.25) is 11.2 Å². The molecule has 7 heteroatoms. The molecule has 0 amide bonds. The molecule has 0 spiro atoms. The van der Waals surface area contributed by atoms with E-state index < -0.39 is 22.7 Å². The Hall–Kier alpha value is -2.86. The second-order valence-electron chi connectivity index (χ2n) is 4.59. The van der Waals surface area contributed by atoms with Gasteiger partial charge in [-0.05, 0) is 24.3 Å². The minimum Gasteiger partial charge on any atom is -0.508 e. The number of fused-ring (bicyclic) bond motifs is 1. The van der Waals surface area contributed by atoms with Crippen LogP contribution in [0.4, 0.5) is 0 Å². The molecule has 0 unspecified atom stereocenters. The molecule has 1 heterocycles. The Morgan fingerprint density at radius 2 is 1.59 bits per heavy atom. The Kier molecular flexibility index (Phi) is 3.11. The molecule has 112 valence electrons. The zero-order valence-corrected chi connectivity index (χ0v) is 11.6. The van der Waals surface area contributed by atoms with E-state index in [0.717, 1.165) is 6.07 Å². The van der Waals surface area contributed by atoms with Gasteiger partial charge in [-0.15, -0.1) is 0 Å². The van der Waals surface area contributed by atoms with Crippen LogP contribution < -0.4 is 5.43 Å². The molecule has 0 bridgehead atoms. The van der Waals surface area contributed by atoms with Crippen molar-refractivity contribution in [2.45, 2.75) is 0 Å². The van der Waals surface area contributed by atoms with Gasteiger partial charge >= 0.3 is 0 Å². The van der Waals surface area contributed by atoms with Crippen LogP contribution in [0.3, 0.4) is 0 Å². The quantitative estimate of drug-likeness (QED) is 0.548. The van der Waals surface area contributed by atoms with Crippen LogP contribution in [0.25, 0.3) is 22.3 Å². The average molecular weight is 321 g/mol. The number of phenols is 3. The number of aromatic hydroxyl groups is 4. The number of rotatable bonds is 1. The van der Waals surface area contributed by atoms with E-state index in [1.54, 1.807) is 0 Å². The lowest BCUT2D eigenvalue weighted by Gasteiger charge is -2.09. The van der Waals surface area contributed by atoms with Crippen molar-refractivity contribution in [2.75, 3.05) is 0 Å². The fourth-order valence-corrected chi connectivity index (χ4v) is 2.29. The minimum absolute atomic E-state index is 0.000280. The van der Waals surface area contributed by atoms with E-state index in [-0.39, 0.29) is 27.5 Å². The molecule has 0 aliphatic heterocycles. The summed E-state index contributed by atoms with van der Waals surface area (Å²) in [7, 11) is 0. The molecule has 0 radical (unpaired) electrons. The maximum atomic E-state index is 12.2. The van der Waals surface area contributed by atoms with Crippen molar-refractivity contribution in [2.24, 2.45) is 0 Å². The average Bonchev–Trinajstić information content (AvgIpc) is 2.48. The van der Waals surface area contributed by atoms with Gasteiger partial charge in [0.1, 0.15) is 27.7 Å². The summed E-state index contributed by atoms with van der Waals surface area (Å²) in [5.41, 5.74) is -0.818. The Bertz CT molecular complexity index is 943. The first-order valence-electron chi connectivity index (χ1n) is 6.09. The molecule has 0 saturated carbocycles. The molecule has 4 N–H and O–H groups in total. The van der Waals surface area contributed by atoms with Crippen molar-refractivity contribution in [1.82, 2.24) is 0 Å². The number of hydrogen-bond donors (Lipinski definition) is 4. The first-order chi connectivity index (χ1) is 10.4. The summed E-state index contributed by atoms with van der Waals surface area (Å²) in [5.74, 6) is -1.92. The number of halogens is 1. The first kappa shape index (κ1) is 14.1. The Morgan fingerprint density at radius 1 is 0.955 bits per heavy atom. The van der Waals surface area contributed by atoms with E-state index in [1.165, 1.54) is 24.3 Å². The van der Waals surface area contributed by atoms with E-state index >= 15 is 0 Å². The van der Waals surface area contributed by atoms with Gasteiger partial charge in [0.25, 0.3) is 0 Å². The minimum atomic E-state index is -0.885. The highest BCUT2D eigenvalue weighted by Crippen LogP contribution is 2.40. The summed E-state index contributed by atoms with van der Waals surface area (Å²) >= 11 is 5.89. The molecular formula is C15H9ClO6. The zero-order chi connectivity index (χ0) is 16.0. The maximum Gasteiger partial charge on any atom is 0.238 e. The highest BCUT2D eigenvalue weighted by molar-refractivity contribution is 6.36. The van der Waals surface area contributed by atoms with Gasteiger partial charge in [-0.2, -0.15) is 0 Å². The first-order valence-corrected chi connectivity index (χ1v) is 6.47. The fourth-order valence-electron chi connectivity index (χ4n) is 2.10. The molecular weight excluding hydrogens is 312 g/mol. The Labute approximate surface area is 128 Å². The highest BCUT2D eigenvalue weighted by atomic mass is 35.5. The number of hydrogen-bond acceptors (Lipinski definition) is 6. The standard InChI is InChI=1S/C15H9ClO6/c16-11-9(19)5-8(18)10-12(20)13(21)14(22-15(10)11)6-1-3-7(17)4-2-6/h1-5,17-19,21H. The summed E-state index contributed by atoms with van der Waals surface area (Å²) < 4.78 is 5.41. The van der Waals surface area contributed by atoms with Gasteiger partial charge < -0.3 is 24.8 Å². The second-order valence-corrected chi connectivity index (χ2v) is 4.97.